The second-order valence-corrected chi connectivity index (χ2v) is 5.87. The molecule has 1 heterocycles. The van der Waals surface area contributed by atoms with Gasteiger partial charge in [-0.1, -0.05) is 30.3 Å². The van der Waals surface area contributed by atoms with Gasteiger partial charge in [-0.3, -0.25) is 4.79 Å². The van der Waals surface area contributed by atoms with Crippen LogP contribution in [0.15, 0.2) is 30.3 Å². The highest BCUT2D eigenvalue weighted by Gasteiger charge is 2.47. The Labute approximate surface area is 152 Å². The Kier molecular flexibility index (Phi) is 8.43. The van der Waals surface area contributed by atoms with Crippen molar-refractivity contribution in [1.29, 1.82) is 0 Å². The normalized spacial score (nSPS) is 28.7. The lowest BCUT2D eigenvalue weighted by Crippen LogP contribution is -2.61. The fourth-order valence-corrected chi connectivity index (χ4v) is 2.71. The smallest absolute Gasteiger partial charge is 0.304 e. The molecule has 0 spiro atoms. The van der Waals surface area contributed by atoms with Gasteiger partial charge in [-0.25, -0.2) is 0 Å². The topological polar surface area (TPSA) is 92.7 Å². The Hall–Kier alpha value is -1.55. The summed E-state index contributed by atoms with van der Waals surface area (Å²) in [5, 5.41) is 10.5. The van der Waals surface area contributed by atoms with Crippen LogP contribution in [0.25, 0.3) is 0 Å². The largest absolute Gasteiger partial charge is 0.439 e. The molecule has 0 aromatic heterocycles. The van der Waals surface area contributed by atoms with Gasteiger partial charge < -0.3 is 33.5 Å². The molecule has 8 heteroatoms. The van der Waals surface area contributed by atoms with Crippen molar-refractivity contribution in [2.45, 2.75) is 44.2 Å². The van der Waals surface area contributed by atoms with Crippen molar-refractivity contribution in [2.75, 3.05) is 27.6 Å². The summed E-state index contributed by atoms with van der Waals surface area (Å²) in [5.74, 6) is -0.481. The third-order valence-corrected chi connectivity index (χ3v) is 4.00. The summed E-state index contributed by atoms with van der Waals surface area (Å²) < 4.78 is 32.5. The van der Waals surface area contributed by atoms with Gasteiger partial charge in [0.25, 0.3) is 0 Å². The molecule has 26 heavy (non-hydrogen) atoms. The summed E-state index contributed by atoms with van der Waals surface area (Å²) in [6.45, 7) is 1.42. The Balaban J connectivity index is 2.06. The quantitative estimate of drug-likeness (QED) is 0.505. The van der Waals surface area contributed by atoms with Crippen molar-refractivity contribution in [3.05, 3.63) is 35.9 Å². The van der Waals surface area contributed by atoms with Crippen LogP contribution in [-0.4, -0.2) is 69.4 Å². The first-order valence-corrected chi connectivity index (χ1v) is 8.32. The number of methoxy groups -OCH3 is 2. The minimum Gasteiger partial charge on any atom is -0.439 e. The van der Waals surface area contributed by atoms with Crippen molar-refractivity contribution >= 4 is 5.97 Å². The maximum atomic E-state index is 10.9. The second kappa shape index (κ2) is 10.6. The van der Waals surface area contributed by atoms with Crippen LogP contribution in [0, 0.1) is 0 Å². The average Bonchev–Trinajstić information content (AvgIpc) is 2.64. The van der Waals surface area contributed by atoms with E-state index in [-0.39, 0.29) is 13.4 Å². The molecule has 0 aliphatic carbocycles. The molecule has 1 saturated heterocycles. The highest BCUT2D eigenvalue weighted by Crippen LogP contribution is 2.27. The number of carbonyl (C=O) groups is 1. The number of esters is 1. The van der Waals surface area contributed by atoms with Gasteiger partial charge in [-0.05, 0) is 5.56 Å². The van der Waals surface area contributed by atoms with Crippen LogP contribution in [0.4, 0.5) is 0 Å². The number of carbonyl (C=O) groups excluding carboxylic acids is 1. The highest BCUT2D eigenvalue weighted by atomic mass is 16.7. The Morgan fingerprint density at radius 3 is 2.50 bits per heavy atom. The summed E-state index contributed by atoms with van der Waals surface area (Å²) in [4.78, 5) is 10.9. The van der Waals surface area contributed by atoms with E-state index in [2.05, 4.69) is 0 Å². The first-order chi connectivity index (χ1) is 12.6. The van der Waals surface area contributed by atoms with Gasteiger partial charge in [0.05, 0.1) is 13.2 Å². The molecule has 8 nitrogen and oxygen atoms in total. The minimum atomic E-state index is -1.04. The summed E-state index contributed by atoms with van der Waals surface area (Å²) in [6, 6.07) is 9.61. The van der Waals surface area contributed by atoms with Crippen LogP contribution >= 0.6 is 0 Å². The maximum Gasteiger partial charge on any atom is 0.304 e. The van der Waals surface area contributed by atoms with E-state index in [0.29, 0.717) is 6.61 Å². The number of benzene rings is 1. The van der Waals surface area contributed by atoms with Gasteiger partial charge in [0.2, 0.25) is 0 Å². The summed E-state index contributed by atoms with van der Waals surface area (Å²) in [5.41, 5.74) is 0.970. The lowest BCUT2D eigenvalue weighted by molar-refractivity contribution is -0.321. The summed E-state index contributed by atoms with van der Waals surface area (Å²) in [6.07, 6.45) is -4.01. The van der Waals surface area contributed by atoms with Crippen LogP contribution in [0.2, 0.25) is 0 Å². The molecule has 1 aromatic carbocycles. The molecular formula is C18H26O8. The third kappa shape index (κ3) is 5.73. The zero-order valence-corrected chi connectivity index (χ0v) is 15.2. The fourth-order valence-electron chi connectivity index (χ4n) is 2.71. The van der Waals surface area contributed by atoms with Gasteiger partial charge >= 0.3 is 5.97 Å². The van der Waals surface area contributed by atoms with E-state index in [1.54, 1.807) is 0 Å². The number of hydrogen-bond acceptors (Lipinski definition) is 8. The molecule has 2 rings (SSSR count). The van der Waals surface area contributed by atoms with E-state index in [0.717, 1.165) is 5.56 Å². The second-order valence-electron chi connectivity index (χ2n) is 5.87. The molecular weight excluding hydrogens is 344 g/mol. The zero-order chi connectivity index (χ0) is 18.9. The van der Waals surface area contributed by atoms with Crippen LogP contribution in [0.1, 0.15) is 12.5 Å². The number of aliphatic hydroxyl groups excluding tert-OH is 1. The molecule has 0 unspecified atom stereocenters. The molecule has 1 N–H and O–H groups in total. The third-order valence-electron chi connectivity index (χ3n) is 4.00. The van der Waals surface area contributed by atoms with Crippen LogP contribution in [-0.2, 0) is 39.8 Å². The monoisotopic (exact) mass is 370 g/mol. The molecule has 5 atom stereocenters. The van der Waals surface area contributed by atoms with Gasteiger partial charge in [-0.15, -0.1) is 0 Å². The van der Waals surface area contributed by atoms with E-state index in [4.69, 9.17) is 28.4 Å². The fraction of sp³-hybridized carbons (Fsp3) is 0.611. The molecule has 1 fully saturated rings. The maximum absolute atomic E-state index is 10.9. The van der Waals surface area contributed by atoms with Crippen molar-refractivity contribution in [1.82, 2.24) is 0 Å². The van der Waals surface area contributed by atoms with Gasteiger partial charge in [0.1, 0.15) is 24.4 Å². The van der Waals surface area contributed by atoms with E-state index in [1.807, 2.05) is 30.3 Å². The lowest BCUT2D eigenvalue weighted by atomic mass is 9.99. The van der Waals surface area contributed by atoms with Crippen molar-refractivity contribution in [2.24, 2.45) is 0 Å². The molecule has 0 saturated carbocycles. The van der Waals surface area contributed by atoms with E-state index < -0.39 is 36.7 Å². The van der Waals surface area contributed by atoms with Crippen LogP contribution in [0.3, 0.4) is 0 Å². The van der Waals surface area contributed by atoms with Crippen molar-refractivity contribution in [3.8, 4) is 0 Å². The standard InChI is InChI=1S/C18H26O8/c1-12(19)24-11-25-16-15(20)14(10-21-2)26-18(17(16)22-3)23-9-13-7-5-4-6-8-13/h4-8,14-18,20H,9-11H2,1-3H3/t14-,15-,16+,17-,18-/m1/s1. The average molecular weight is 370 g/mol. The van der Waals surface area contributed by atoms with Crippen molar-refractivity contribution in [3.63, 3.8) is 0 Å². The molecule has 1 aromatic rings. The van der Waals surface area contributed by atoms with Crippen LogP contribution in [0.5, 0.6) is 0 Å². The molecule has 146 valence electrons. The minimum absolute atomic E-state index is 0.149. The molecule has 0 amide bonds. The summed E-state index contributed by atoms with van der Waals surface area (Å²) in [7, 11) is 2.98. The lowest BCUT2D eigenvalue weighted by Gasteiger charge is -2.43. The highest BCUT2D eigenvalue weighted by molar-refractivity contribution is 5.65. The molecule has 0 bridgehead atoms. The van der Waals surface area contributed by atoms with Crippen molar-refractivity contribution < 1.29 is 38.3 Å². The zero-order valence-electron chi connectivity index (χ0n) is 15.2. The summed E-state index contributed by atoms with van der Waals surface area (Å²) >= 11 is 0. The number of aliphatic hydroxyl groups is 1. The number of hydrogen-bond donors (Lipinski definition) is 1. The first-order valence-electron chi connectivity index (χ1n) is 8.32. The van der Waals surface area contributed by atoms with Crippen LogP contribution < -0.4 is 0 Å². The van der Waals surface area contributed by atoms with E-state index in [9.17, 15) is 9.90 Å². The number of ether oxygens (including phenoxy) is 6. The Morgan fingerprint density at radius 1 is 1.15 bits per heavy atom. The van der Waals surface area contributed by atoms with E-state index >= 15 is 0 Å². The molecule has 0 radical (unpaired) electrons. The Bertz CT molecular complexity index is 537. The number of rotatable bonds is 9. The predicted molar refractivity (Wildman–Crippen MR) is 90.1 cm³/mol. The molecule has 1 aliphatic heterocycles. The molecule has 1 aliphatic rings. The predicted octanol–water partition coefficient (Wildman–Crippen LogP) is 0.856. The van der Waals surface area contributed by atoms with Gasteiger partial charge in [0, 0.05) is 21.1 Å². The van der Waals surface area contributed by atoms with Gasteiger partial charge in [-0.2, -0.15) is 0 Å². The first kappa shape index (κ1) is 20.8. The van der Waals surface area contributed by atoms with E-state index in [1.165, 1.54) is 21.1 Å². The SMILES string of the molecule is COC[C@H]1O[C@@H](OCc2ccccc2)[C@H](OC)[C@@H](OCOC(C)=O)[C@@H]1O. The van der Waals surface area contributed by atoms with Gasteiger partial charge in [0.15, 0.2) is 13.1 Å². The Morgan fingerprint density at radius 2 is 1.88 bits per heavy atom.